The normalized spacial score (nSPS) is 23.0. The molecule has 0 aliphatic carbocycles. The number of carbonyl (C=O) groups is 1. The zero-order chi connectivity index (χ0) is 22.8. The van der Waals surface area contributed by atoms with E-state index in [0.29, 0.717) is 6.42 Å². The average Bonchev–Trinajstić information content (AvgIpc) is 3.34. The summed E-state index contributed by atoms with van der Waals surface area (Å²) in [6.45, 7) is -0.265. The van der Waals surface area contributed by atoms with E-state index >= 15 is 0 Å². The smallest absolute Gasteiger partial charge is 0.330 e. The van der Waals surface area contributed by atoms with E-state index in [1.165, 1.54) is 7.11 Å². The van der Waals surface area contributed by atoms with E-state index < -0.39 is 48.3 Å². The van der Waals surface area contributed by atoms with Crippen LogP contribution in [0.3, 0.4) is 0 Å². The molecular weight excluding hydrogens is 422 g/mol. The summed E-state index contributed by atoms with van der Waals surface area (Å²) < 4.78 is 17.2. The molecule has 1 fully saturated rings. The number of ether oxygens (including phenoxy) is 2. The van der Waals surface area contributed by atoms with Crippen molar-refractivity contribution < 1.29 is 28.9 Å². The van der Waals surface area contributed by atoms with Crippen LogP contribution < -0.4 is 16.6 Å². The fraction of sp³-hybridized carbons (Fsp3) is 0.381. The molecular formula is C21H23N3O8. The van der Waals surface area contributed by atoms with Gasteiger partial charge in [0.05, 0.1) is 12.9 Å². The highest BCUT2D eigenvalue weighted by Crippen LogP contribution is 2.30. The summed E-state index contributed by atoms with van der Waals surface area (Å²) in [4.78, 5) is 39.3. The maximum Gasteiger partial charge on any atom is 0.330 e. The molecule has 1 saturated heterocycles. The Kier molecular flexibility index (Phi) is 6.24. The lowest BCUT2D eigenvalue weighted by Gasteiger charge is -2.20. The largest absolute Gasteiger partial charge is 0.464 e. The monoisotopic (exact) mass is 445 g/mol. The number of rotatable bonds is 7. The lowest BCUT2D eigenvalue weighted by atomic mass is 10.1. The van der Waals surface area contributed by atoms with Crippen LogP contribution in [0.25, 0.3) is 11.0 Å². The van der Waals surface area contributed by atoms with Crippen LogP contribution in [-0.4, -0.2) is 64.2 Å². The highest BCUT2D eigenvalue weighted by atomic mass is 16.6. The Hall–Kier alpha value is -3.25. The van der Waals surface area contributed by atoms with Gasteiger partial charge in [-0.05, 0) is 18.1 Å². The summed E-state index contributed by atoms with van der Waals surface area (Å²) >= 11 is 0. The molecule has 1 amide bonds. The van der Waals surface area contributed by atoms with Gasteiger partial charge in [0, 0.05) is 25.2 Å². The number of furan rings is 1. The standard InChI is InChI=1S/C21H23N3O8/c1-30-17-16(26)15(9-25)32-20(17)24-8-13(19(28)23-21(24)29)18(27)22-7-6-11-10-31-14-5-3-2-4-12(11)14/h2-5,8,10,15-17,20,25-26H,6-7,9H2,1H3,(H,22,27)(H,23,28,29)/t15-,16+,17-,20-/m1/s1. The summed E-state index contributed by atoms with van der Waals surface area (Å²) in [5, 5.41) is 23.2. The van der Waals surface area contributed by atoms with E-state index in [0.717, 1.165) is 27.3 Å². The Morgan fingerprint density at radius 3 is 2.84 bits per heavy atom. The number of hydrogen-bond donors (Lipinski definition) is 4. The van der Waals surface area contributed by atoms with E-state index in [1.807, 2.05) is 24.3 Å². The molecule has 1 aliphatic rings. The lowest BCUT2D eigenvalue weighted by Crippen LogP contribution is -2.41. The summed E-state index contributed by atoms with van der Waals surface area (Å²) in [6.07, 6.45) is -1.15. The molecule has 11 heteroatoms. The Balaban J connectivity index is 1.51. The Bertz CT molecular complexity index is 1230. The molecule has 0 unspecified atom stereocenters. The van der Waals surface area contributed by atoms with Crippen molar-refractivity contribution >= 4 is 16.9 Å². The maximum atomic E-state index is 12.6. The number of nitrogens with zero attached hydrogens (tertiary/aromatic N) is 1. The summed E-state index contributed by atoms with van der Waals surface area (Å²) in [6, 6.07) is 7.51. The average molecular weight is 445 g/mol. The summed E-state index contributed by atoms with van der Waals surface area (Å²) in [5.74, 6) is -0.681. The van der Waals surface area contributed by atoms with Crippen LogP contribution >= 0.6 is 0 Å². The van der Waals surface area contributed by atoms with Gasteiger partial charge in [-0.2, -0.15) is 0 Å². The van der Waals surface area contributed by atoms with Crippen LogP contribution in [0.2, 0.25) is 0 Å². The van der Waals surface area contributed by atoms with Crippen LogP contribution in [0.1, 0.15) is 22.1 Å². The summed E-state index contributed by atoms with van der Waals surface area (Å²) in [5.41, 5.74) is -0.351. The number of amides is 1. The third-order valence-electron chi connectivity index (χ3n) is 5.49. The van der Waals surface area contributed by atoms with Crippen LogP contribution in [0.5, 0.6) is 0 Å². The third kappa shape index (κ3) is 3.98. The number of nitrogens with one attached hydrogen (secondary N) is 2. The molecule has 4 rings (SSSR count). The molecule has 0 spiro atoms. The van der Waals surface area contributed by atoms with Gasteiger partial charge in [0.2, 0.25) is 0 Å². The van der Waals surface area contributed by atoms with Crippen LogP contribution in [0, 0.1) is 0 Å². The lowest BCUT2D eigenvalue weighted by molar-refractivity contribution is -0.0626. The van der Waals surface area contributed by atoms with Gasteiger partial charge in [0.15, 0.2) is 6.23 Å². The van der Waals surface area contributed by atoms with Gasteiger partial charge in [-0.25, -0.2) is 4.79 Å². The number of aliphatic hydroxyl groups excluding tert-OH is 2. The number of aliphatic hydroxyl groups is 2. The second-order valence-electron chi connectivity index (χ2n) is 7.41. The minimum Gasteiger partial charge on any atom is -0.464 e. The number of carbonyl (C=O) groups excluding carboxylic acids is 1. The molecule has 3 aromatic rings. The van der Waals surface area contributed by atoms with Crippen molar-refractivity contribution in [1.82, 2.24) is 14.9 Å². The van der Waals surface area contributed by atoms with Crippen LogP contribution in [0.4, 0.5) is 0 Å². The number of aromatic amines is 1. The molecule has 3 heterocycles. The van der Waals surface area contributed by atoms with Gasteiger partial charge in [-0.1, -0.05) is 18.2 Å². The Morgan fingerprint density at radius 1 is 1.31 bits per heavy atom. The predicted molar refractivity (Wildman–Crippen MR) is 111 cm³/mol. The van der Waals surface area contributed by atoms with E-state index in [9.17, 15) is 24.6 Å². The first-order valence-electron chi connectivity index (χ1n) is 10.0. The molecule has 4 atom stereocenters. The van der Waals surface area contributed by atoms with Gasteiger partial charge < -0.3 is 29.4 Å². The minimum atomic E-state index is -1.20. The first-order chi connectivity index (χ1) is 15.4. The first kappa shape index (κ1) is 22.0. The topological polar surface area (TPSA) is 156 Å². The number of benzene rings is 1. The van der Waals surface area contributed by atoms with Crippen molar-refractivity contribution in [2.75, 3.05) is 20.3 Å². The number of fused-ring (bicyclic) bond motifs is 1. The van der Waals surface area contributed by atoms with Crippen molar-refractivity contribution in [3.63, 3.8) is 0 Å². The van der Waals surface area contributed by atoms with E-state index in [1.54, 1.807) is 6.26 Å². The highest BCUT2D eigenvalue weighted by Gasteiger charge is 2.45. The SMILES string of the molecule is CO[C@@H]1[C@@H](O)[C@@H](CO)O[C@H]1n1cc(C(=O)NCCc2coc3ccccc23)c(=O)[nH]c1=O. The second kappa shape index (κ2) is 9.09. The molecule has 32 heavy (non-hydrogen) atoms. The maximum absolute atomic E-state index is 12.6. The van der Waals surface area contributed by atoms with Crippen molar-refractivity contribution in [3.8, 4) is 0 Å². The van der Waals surface area contributed by atoms with Crippen molar-refractivity contribution in [1.29, 1.82) is 0 Å². The predicted octanol–water partition coefficient (Wildman–Crippen LogP) is -0.479. The van der Waals surface area contributed by atoms with E-state index in [2.05, 4.69) is 10.3 Å². The van der Waals surface area contributed by atoms with E-state index in [-0.39, 0.29) is 12.1 Å². The number of aromatic nitrogens is 2. The molecule has 1 aromatic carbocycles. The summed E-state index contributed by atoms with van der Waals surface area (Å²) in [7, 11) is 1.31. The number of para-hydroxylation sites is 1. The molecule has 2 aromatic heterocycles. The van der Waals surface area contributed by atoms with E-state index in [4.69, 9.17) is 13.9 Å². The molecule has 170 valence electrons. The highest BCUT2D eigenvalue weighted by molar-refractivity contribution is 5.93. The minimum absolute atomic E-state index is 0.229. The first-order valence-corrected chi connectivity index (χ1v) is 10.0. The third-order valence-corrected chi connectivity index (χ3v) is 5.49. The van der Waals surface area contributed by atoms with Crippen LogP contribution in [-0.2, 0) is 15.9 Å². The quantitative estimate of drug-likeness (QED) is 0.380. The van der Waals surface area contributed by atoms with Gasteiger partial charge >= 0.3 is 5.69 Å². The zero-order valence-electron chi connectivity index (χ0n) is 17.2. The van der Waals surface area contributed by atoms with Crippen molar-refractivity contribution in [2.24, 2.45) is 0 Å². The molecule has 0 radical (unpaired) electrons. The fourth-order valence-corrected chi connectivity index (χ4v) is 3.82. The Labute approximate surface area is 181 Å². The molecule has 1 aliphatic heterocycles. The van der Waals surface area contributed by atoms with Gasteiger partial charge in [0.25, 0.3) is 11.5 Å². The van der Waals surface area contributed by atoms with Crippen molar-refractivity contribution in [2.45, 2.75) is 31.0 Å². The zero-order valence-corrected chi connectivity index (χ0v) is 17.2. The van der Waals surface area contributed by atoms with Gasteiger partial charge in [0.1, 0.15) is 29.5 Å². The van der Waals surface area contributed by atoms with Gasteiger partial charge in [-0.3, -0.25) is 19.1 Å². The molecule has 11 nitrogen and oxygen atoms in total. The van der Waals surface area contributed by atoms with Crippen molar-refractivity contribution in [3.05, 3.63) is 68.7 Å². The fourth-order valence-electron chi connectivity index (χ4n) is 3.82. The second-order valence-corrected chi connectivity index (χ2v) is 7.41. The number of H-pyrrole nitrogens is 1. The molecule has 0 saturated carbocycles. The Morgan fingerprint density at radius 2 is 2.09 bits per heavy atom. The number of methoxy groups -OCH3 is 1. The van der Waals surface area contributed by atoms with Gasteiger partial charge in [-0.15, -0.1) is 0 Å². The molecule has 4 N–H and O–H groups in total. The molecule has 0 bridgehead atoms. The van der Waals surface area contributed by atoms with Crippen LogP contribution in [0.15, 0.2) is 50.7 Å². The number of hydrogen-bond acceptors (Lipinski definition) is 8.